The highest BCUT2D eigenvalue weighted by molar-refractivity contribution is 5.73. The Hall–Kier alpha value is -2.15. The number of fused-ring (bicyclic) bond motifs is 1. The Morgan fingerprint density at radius 3 is 3.09 bits per heavy atom. The number of rotatable bonds is 5. The number of carbonyl (C=O) groups is 1. The number of carbonyl (C=O) groups excluding carboxylic acids is 1. The van der Waals surface area contributed by atoms with Crippen LogP contribution in [0.2, 0.25) is 0 Å². The summed E-state index contributed by atoms with van der Waals surface area (Å²) in [5, 5.41) is 13.9. The van der Waals surface area contributed by atoms with Crippen LogP contribution in [0.15, 0.2) is 24.4 Å². The molecule has 1 fully saturated rings. The Labute approximate surface area is 136 Å². The van der Waals surface area contributed by atoms with E-state index in [-0.39, 0.29) is 6.03 Å². The fourth-order valence-corrected chi connectivity index (χ4v) is 3.04. The van der Waals surface area contributed by atoms with Crippen LogP contribution in [0.5, 0.6) is 0 Å². The normalized spacial score (nSPS) is 18.9. The monoisotopic (exact) mass is 316 g/mol. The fraction of sp³-hybridized carbons (Fsp3) is 0.562. The third kappa shape index (κ3) is 3.98. The van der Waals surface area contributed by atoms with E-state index >= 15 is 0 Å². The molecule has 1 atom stereocenters. The van der Waals surface area contributed by atoms with E-state index in [0.29, 0.717) is 19.1 Å². The van der Waals surface area contributed by atoms with Gasteiger partial charge in [-0.15, -0.1) is 10.2 Å². The molecule has 0 aromatic carbocycles. The summed E-state index contributed by atoms with van der Waals surface area (Å²) in [5.74, 6) is 0.723. The van der Waals surface area contributed by atoms with Gasteiger partial charge in [0.05, 0.1) is 6.54 Å². The molecule has 0 radical (unpaired) electrons. The molecular formula is C16H24N6O. The summed E-state index contributed by atoms with van der Waals surface area (Å²) in [4.78, 5) is 14.3. The van der Waals surface area contributed by atoms with Gasteiger partial charge in [0.2, 0.25) is 0 Å². The molecule has 7 nitrogen and oxygen atoms in total. The van der Waals surface area contributed by atoms with E-state index in [1.807, 2.05) is 28.8 Å². The summed E-state index contributed by atoms with van der Waals surface area (Å²) in [7, 11) is 0. The van der Waals surface area contributed by atoms with Crippen LogP contribution in [0.4, 0.5) is 4.79 Å². The summed E-state index contributed by atoms with van der Waals surface area (Å²) in [6, 6.07) is 6.17. The number of hydrogen-bond acceptors (Lipinski definition) is 4. The molecule has 0 bridgehead atoms. The first-order valence-corrected chi connectivity index (χ1v) is 8.28. The maximum Gasteiger partial charge on any atom is 0.315 e. The van der Waals surface area contributed by atoms with Crippen LogP contribution in [0.25, 0.3) is 5.65 Å². The minimum absolute atomic E-state index is 0.164. The second kappa shape index (κ2) is 7.41. The molecule has 0 aliphatic carbocycles. The van der Waals surface area contributed by atoms with Crippen LogP contribution in [0, 0.1) is 0 Å². The first-order valence-electron chi connectivity index (χ1n) is 8.28. The molecule has 0 spiro atoms. The zero-order valence-corrected chi connectivity index (χ0v) is 13.5. The van der Waals surface area contributed by atoms with Gasteiger partial charge in [0.15, 0.2) is 11.5 Å². The van der Waals surface area contributed by atoms with Gasteiger partial charge in [0.1, 0.15) is 0 Å². The van der Waals surface area contributed by atoms with Gasteiger partial charge in [-0.1, -0.05) is 12.5 Å². The minimum atomic E-state index is -0.164. The number of amides is 2. The number of aromatic nitrogens is 3. The lowest BCUT2D eigenvalue weighted by Crippen LogP contribution is -2.44. The maximum absolute atomic E-state index is 11.9. The Kier molecular flexibility index (Phi) is 5.07. The van der Waals surface area contributed by atoms with E-state index in [1.165, 1.54) is 19.3 Å². The van der Waals surface area contributed by atoms with Crippen LogP contribution in [-0.4, -0.2) is 51.2 Å². The average Bonchev–Trinajstić information content (AvgIpc) is 2.98. The first-order chi connectivity index (χ1) is 11.2. The second-order valence-electron chi connectivity index (χ2n) is 6.04. The SMILES string of the molecule is C[C@H]1CCCCN1CCNC(=O)NCc1nnc2ccccn12. The molecule has 0 saturated carbocycles. The lowest BCUT2D eigenvalue weighted by molar-refractivity contribution is 0.161. The molecule has 1 saturated heterocycles. The fourth-order valence-electron chi connectivity index (χ4n) is 3.04. The number of urea groups is 1. The van der Waals surface area contributed by atoms with E-state index in [9.17, 15) is 4.79 Å². The van der Waals surface area contributed by atoms with Crippen LogP contribution < -0.4 is 10.6 Å². The zero-order chi connectivity index (χ0) is 16.1. The summed E-state index contributed by atoms with van der Waals surface area (Å²) in [6.45, 7) is 5.32. The van der Waals surface area contributed by atoms with Gasteiger partial charge in [0.25, 0.3) is 0 Å². The Bertz CT molecular complexity index is 655. The number of piperidine rings is 1. The van der Waals surface area contributed by atoms with Gasteiger partial charge in [-0.3, -0.25) is 9.30 Å². The quantitative estimate of drug-likeness (QED) is 0.874. The summed E-state index contributed by atoms with van der Waals surface area (Å²) >= 11 is 0. The van der Waals surface area contributed by atoms with Crippen molar-refractivity contribution in [3.63, 3.8) is 0 Å². The van der Waals surface area contributed by atoms with Crippen LogP contribution in [0.1, 0.15) is 32.0 Å². The molecule has 1 aliphatic heterocycles. The van der Waals surface area contributed by atoms with E-state index in [2.05, 4.69) is 32.7 Å². The Morgan fingerprint density at radius 2 is 2.22 bits per heavy atom. The van der Waals surface area contributed by atoms with Crippen molar-refractivity contribution in [1.82, 2.24) is 30.1 Å². The first kappa shape index (κ1) is 15.7. The van der Waals surface area contributed by atoms with Crippen molar-refractivity contribution in [2.75, 3.05) is 19.6 Å². The van der Waals surface area contributed by atoms with Crippen LogP contribution in [-0.2, 0) is 6.54 Å². The smallest absolute Gasteiger partial charge is 0.315 e. The highest BCUT2D eigenvalue weighted by atomic mass is 16.2. The largest absolute Gasteiger partial charge is 0.337 e. The van der Waals surface area contributed by atoms with Gasteiger partial charge in [-0.05, 0) is 38.4 Å². The van der Waals surface area contributed by atoms with Crippen LogP contribution in [0.3, 0.4) is 0 Å². The average molecular weight is 316 g/mol. The standard InChI is InChI=1S/C16H24N6O/c1-13-6-2-4-9-21(13)11-8-17-16(23)18-12-15-20-19-14-7-3-5-10-22(14)15/h3,5,7,10,13H,2,4,6,8-9,11-12H2,1H3,(H2,17,18,23)/t13-/m0/s1. The maximum atomic E-state index is 11.9. The molecule has 3 rings (SSSR count). The third-order valence-electron chi connectivity index (χ3n) is 4.42. The van der Waals surface area contributed by atoms with E-state index < -0.39 is 0 Å². The molecular weight excluding hydrogens is 292 g/mol. The zero-order valence-electron chi connectivity index (χ0n) is 13.5. The number of likely N-dealkylation sites (tertiary alicyclic amines) is 1. The van der Waals surface area contributed by atoms with Gasteiger partial charge in [-0.2, -0.15) is 0 Å². The minimum Gasteiger partial charge on any atom is -0.337 e. The summed E-state index contributed by atoms with van der Waals surface area (Å²) in [5.41, 5.74) is 0.781. The highest BCUT2D eigenvalue weighted by Crippen LogP contribution is 2.15. The molecule has 2 aromatic heterocycles. The molecule has 2 aromatic rings. The molecule has 2 N–H and O–H groups in total. The number of pyridine rings is 1. The summed E-state index contributed by atoms with van der Waals surface area (Å²) in [6.07, 6.45) is 5.72. The van der Waals surface area contributed by atoms with Crippen molar-refractivity contribution in [3.05, 3.63) is 30.2 Å². The van der Waals surface area contributed by atoms with Crippen LogP contribution >= 0.6 is 0 Å². The van der Waals surface area contributed by atoms with Gasteiger partial charge < -0.3 is 10.6 Å². The van der Waals surface area contributed by atoms with Crippen molar-refractivity contribution >= 4 is 11.7 Å². The highest BCUT2D eigenvalue weighted by Gasteiger charge is 2.17. The van der Waals surface area contributed by atoms with E-state index in [4.69, 9.17) is 0 Å². The predicted octanol–water partition coefficient (Wildman–Crippen LogP) is 1.40. The molecule has 7 heteroatoms. The molecule has 0 unspecified atom stereocenters. The second-order valence-corrected chi connectivity index (χ2v) is 6.04. The van der Waals surface area contributed by atoms with Gasteiger partial charge >= 0.3 is 6.03 Å². The predicted molar refractivity (Wildman–Crippen MR) is 88.1 cm³/mol. The number of nitrogens with zero attached hydrogens (tertiary/aromatic N) is 4. The van der Waals surface area contributed by atoms with Crippen molar-refractivity contribution in [2.45, 2.75) is 38.8 Å². The third-order valence-corrected chi connectivity index (χ3v) is 4.42. The Balaban J connectivity index is 1.41. The van der Waals surface area contributed by atoms with E-state index in [0.717, 1.165) is 24.6 Å². The van der Waals surface area contributed by atoms with Crippen molar-refractivity contribution in [2.24, 2.45) is 0 Å². The molecule has 23 heavy (non-hydrogen) atoms. The lowest BCUT2D eigenvalue weighted by Gasteiger charge is -2.33. The topological polar surface area (TPSA) is 74.6 Å². The Morgan fingerprint density at radius 1 is 1.30 bits per heavy atom. The van der Waals surface area contributed by atoms with Gasteiger partial charge in [-0.25, -0.2) is 4.79 Å². The van der Waals surface area contributed by atoms with Crippen molar-refractivity contribution in [1.29, 1.82) is 0 Å². The molecule has 2 amide bonds. The molecule has 3 heterocycles. The molecule has 124 valence electrons. The van der Waals surface area contributed by atoms with Crippen molar-refractivity contribution < 1.29 is 4.79 Å². The number of nitrogens with one attached hydrogen (secondary N) is 2. The summed E-state index contributed by atoms with van der Waals surface area (Å²) < 4.78 is 1.87. The van der Waals surface area contributed by atoms with Crippen molar-refractivity contribution in [3.8, 4) is 0 Å². The number of hydrogen-bond donors (Lipinski definition) is 2. The molecule has 1 aliphatic rings. The van der Waals surface area contributed by atoms with E-state index in [1.54, 1.807) is 0 Å². The van der Waals surface area contributed by atoms with Gasteiger partial charge in [0, 0.05) is 25.3 Å². The lowest BCUT2D eigenvalue weighted by atomic mass is 10.0.